The first-order chi connectivity index (χ1) is 13.3. The normalized spacial score (nSPS) is 16.0. The number of hydrogen-bond acceptors (Lipinski definition) is 3. The van der Waals surface area contributed by atoms with Crippen molar-refractivity contribution in [2.75, 3.05) is 33.2 Å². The number of amides is 1. The number of hydrogen-bond donors (Lipinski definition) is 2. The Morgan fingerprint density at radius 2 is 1.93 bits per heavy atom. The topological polar surface area (TPSA) is 66.0 Å². The zero-order valence-electron chi connectivity index (χ0n) is 17.4. The smallest absolute Gasteiger partial charge is 0.410 e. The number of halogens is 1. The molecule has 7 heteroatoms. The molecule has 0 saturated carbocycles. The second-order valence-electron chi connectivity index (χ2n) is 8.13. The van der Waals surface area contributed by atoms with Crippen molar-refractivity contribution in [3.8, 4) is 0 Å². The van der Waals surface area contributed by atoms with Gasteiger partial charge >= 0.3 is 6.09 Å². The minimum Gasteiger partial charge on any atom is -0.444 e. The first kappa shape index (κ1) is 22.0. The van der Waals surface area contributed by atoms with Crippen molar-refractivity contribution in [2.45, 2.75) is 45.6 Å². The Hall–Kier alpha value is -2.31. The van der Waals surface area contributed by atoms with Crippen LogP contribution in [0.3, 0.4) is 0 Å². The predicted octanol–water partition coefficient (Wildman–Crippen LogP) is 3.18. The van der Waals surface area contributed by atoms with Gasteiger partial charge in [0.25, 0.3) is 0 Å². The number of carbonyl (C=O) groups is 1. The molecule has 6 nitrogen and oxygen atoms in total. The predicted molar refractivity (Wildman–Crippen MR) is 110 cm³/mol. The Labute approximate surface area is 167 Å². The summed E-state index contributed by atoms with van der Waals surface area (Å²) in [7, 11) is 1.73. The number of ether oxygens (including phenoxy) is 1. The molecule has 1 amide bonds. The van der Waals surface area contributed by atoms with Crippen LogP contribution >= 0.6 is 0 Å². The Morgan fingerprint density at radius 1 is 1.25 bits per heavy atom. The molecule has 0 aromatic heterocycles. The molecule has 1 fully saturated rings. The second kappa shape index (κ2) is 10.3. The highest BCUT2D eigenvalue weighted by Gasteiger charge is 2.26. The summed E-state index contributed by atoms with van der Waals surface area (Å²) in [5.74, 6) is 1.01. The van der Waals surface area contributed by atoms with Gasteiger partial charge in [-0.05, 0) is 57.6 Å². The Bertz CT molecular complexity index is 665. The molecular formula is C21H33FN4O2. The molecule has 1 heterocycles. The number of carbonyl (C=O) groups excluding carboxylic acids is 1. The molecule has 2 N–H and O–H groups in total. The lowest BCUT2D eigenvalue weighted by Crippen LogP contribution is -2.45. The van der Waals surface area contributed by atoms with Crippen molar-refractivity contribution in [1.29, 1.82) is 0 Å². The van der Waals surface area contributed by atoms with E-state index in [2.05, 4.69) is 15.6 Å². The molecule has 1 aliphatic heterocycles. The Balaban J connectivity index is 1.67. The summed E-state index contributed by atoms with van der Waals surface area (Å²) in [5.41, 5.74) is 0.232. The quantitative estimate of drug-likeness (QED) is 0.597. The van der Waals surface area contributed by atoms with Crippen molar-refractivity contribution in [2.24, 2.45) is 10.9 Å². The van der Waals surface area contributed by atoms with E-state index in [1.54, 1.807) is 24.1 Å². The van der Waals surface area contributed by atoms with Crippen molar-refractivity contribution >= 4 is 12.1 Å². The van der Waals surface area contributed by atoms with Crippen molar-refractivity contribution < 1.29 is 13.9 Å². The summed E-state index contributed by atoms with van der Waals surface area (Å²) in [6.07, 6.45) is 2.23. The lowest BCUT2D eigenvalue weighted by molar-refractivity contribution is 0.0185. The van der Waals surface area contributed by atoms with Crippen molar-refractivity contribution in [3.05, 3.63) is 35.6 Å². The number of nitrogens with zero attached hydrogens (tertiary/aromatic N) is 2. The van der Waals surface area contributed by atoms with E-state index < -0.39 is 5.60 Å². The van der Waals surface area contributed by atoms with E-state index >= 15 is 0 Å². The van der Waals surface area contributed by atoms with Gasteiger partial charge in [-0.15, -0.1) is 0 Å². The number of nitrogens with one attached hydrogen (secondary N) is 2. The molecule has 0 spiro atoms. The fourth-order valence-corrected chi connectivity index (χ4v) is 3.12. The van der Waals surface area contributed by atoms with Gasteiger partial charge in [0, 0.05) is 33.2 Å². The SMILES string of the molecule is CN=C(NCCc1ccccc1F)NCC1CCN(C(=O)OC(C)(C)C)CC1. The van der Waals surface area contributed by atoms with Crippen LogP contribution in [0.15, 0.2) is 29.3 Å². The van der Waals surface area contributed by atoms with Gasteiger partial charge in [0.1, 0.15) is 11.4 Å². The van der Waals surface area contributed by atoms with Crippen LogP contribution in [0.4, 0.5) is 9.18 Å². The number of benzene rings is 1. The van der Waals surface area contributed by atoms with Crippen LogP contribution in [0, 0.1) is 11.7 Å². The number of piperidine rings is 1. The first-order valence-corrected chi connectivity index (χ1v) is 9.94. The summed E-state index contributed by atoms with van der Waals surface area (Å²) in [6.45, 7) is 8.46. The lowest BCUT2D eigenvalue weighted by atomic mass is 9.97. The van der Waals surface area contributed by atoms with Gasteiger partial charge in [-0.25, -0.2) is 9.18 Å². The summed E-state index contributed by atoms with van der Waals surface area (Å²) < 4.78 is 19.1. The van der Waals surface area contributed by atoms with Crippen LogP contribution in [-0.4, -0.2) is 55.8 Å². The molecule has 1 aliphatic rings. The molecule has 1 aromatic carbocycles. The third-order valence-corrected chi connectivity index (χ3v) is 4.69. The molecule has 2 rings (SSSR count). The maximum atomic E-state index is 13.7. The third kappa shape index (κ3) is 7.37. The van der Waals surface area contributed by atoms with E-state index in [4.69, 9.17) is 4.74 Å². The van der Waals surface area contributed by atoms with Gasteiger partial charge in [0.2, 0.25) is 0 Å². The van der Waals surface area contributed by atoms with Crippen LogP contribution in [-0.2, 0) is 11.2 Å². The molecule has 1 aromatic rings. The lowest BCUT2D eigenvalue weighted by Gasteiger charge is -2.33. The minimum absolute atomic E-state index is 0.177. The van der Waals surface area contributed by atoms with Crippen molar-refractivity contribution in [1.82, 2.24) is 15.5 Å². The Morgan fingerprint density at radius 3 is 2.54 bits per heavy atom. The van der Waals surface area contributed by atoms with Gasteiger partial charge in [-0.1, -0.05) is 18.2 Å². The fraction of sp³-hybridized carbons (Fsp3) is 0.619. The monoisotopic (exact) mass is 392 g/mol. The highest BCUT2D eigenvalue weighted by Crippen LogP contribution is 2.19. The molecule has 156 valence electrons. The maximum absolute atomic E-state index is 13.7. The van der Waals surface area contributed by atoms with Gasteiger partial charge in [0.15, 0.2) is 5.96 Å². The van der Waals surface area contributed by atoms with Gasteiger partial charge in [-0.2, -0.15) is 0 Å². The van der Waals surface area contributed by atoms with Crippen LogP contribution in [0.2, 0.25) is 0 Å². The van der Waals surface area contributed by atoms with Crippen LogP contribution in [0.25, 0.3) is 0 Å². The van der Waals surface area contributed by atoms with Crippen LogP contribution in [0.1, 0.15) is 39.2 Å². The molecular weight excluding hydrogens is 359 g/mol. The standard InChI is InChI=1S/C21H33FN4O2/c1-21(2,3)28-20(27)26-13-10-16(11-14-26)15-25-19(23-4)24-12-9-17-7-5-6-8-18(17)22/h5-8,16H,9-15H2,1-4H3,(H2,23,24,25). The highest BCUT2D eigenvalue weighted by molar-refractivity contribution is 5.79. The summed E-state index contributed by atoms with van der Waals surface area (Å²) in [4.78, 5) is 18.1. The molecule has 0 atom stereocenters. The number of likely N-dealkylation sites (tertiary alicyclic amines) is 1. The van der Waals surface area contributed by atoms with E-state index in [9.17, 15) is 9.18 Å². The van der Waals surface area contributed by atoms with E-state index in [1.807, 2.05) is 26.8 Å². The zero-order chi connectivity index (χ0) is 20.6. The number of rotatable bonds is 5. The van der Waals surface area contributed by atoms with Crippen LogP contribution in [0.5, 0.6) is 0 Å². The average molecular weight is 393 g/mol. The average Bonchev–Trinajstić information content (AvgIpc) is 2.65. The van der Waals surface area contributed by atoms with Crippen LogP contribution < -0.4 is 10.6 Å². The second-order valence-corrected chi connectivity index (χ2v) is 8.13. The molecule has 0 radical (unpaired) electrons. The first-order valence-electron chi connectivity index (χ1n) is 9.94. The molecule has 1 saturated heterocycles. The van der Waals surface area contributed by atoms with Gasteiger partial charge in [0.05, 0.1) is 0 Å². The van der Waals surface area contributed by atoms with E-state index in [0.29, 0.717) is 43.5 Å². The fourth-order valence-electron chi connectivity index (χ4n) is 3.12. The van der Waals surface area contributed by atoms with Gasteiger partial charge < -0.3 is 20.3 Å². The number of aliphatic imine (C=N–C) groups is 1. The van der Waals surface area contributed by atoms with Gasteiger partial charge in [-0.3, -0.25) is 4.99 Å². The molecule has 28 heavy (non-hydrogen) atoms. The summed E-state index contributed by atoms with van der Waals surface area (Å²) >= 11 is 0. The largest absolute Gasteiger partial charge is 0.444 e. The maximum Gasteiger partial charge on any atom is 0.410 e. The summed E-state index contributed by atoms with van der Waals surface area (Å²) in [5, 5.41) is 6.56. The zero-order valence-corrected chi connectivity index (χ0v) is 17.4. The summed E-state index contributed by atoms with van der Waals surface area (Å²) in [6, 6.07) is 6.81. The van der Waals surface area contributed by atoms with E-state index in [1.165, 1.54) is 6.07 Å². The van der Waals surface area contributed by atoms with E-state index in [0.717, 1.165) is 19.4 Å². The van der Waals surface area contributed by atoms with E-state index in [-0.39, 0.29) is 11.9 Å². The molecule has 0 unspecified atom stereocenters. The molecule has 0 bridgehead atoms. The molecule has 0 aliphatic carbocycles. The van der Waals surface area contributed by atoms with Crippen molar-refractivity contribution in [3.63, 3.8) is 0 Å². The Kier molecular flexibility index (Phi) is 8.08. The number of guanidine groups is 1. The third-order valence-electron chi connectivity index (χ3n) is 4.69. The highest BCUT2D eigenvalue weighted by atomic mass is 19.1. The minimum atomic E-state index is -0.462.